The first-order chi connectivity index (χ1) is 12.9. The predicted octanol–water partition coefficient (Wildman–Crippen LogP) is 5.59. The summed E-state index contributed by atoms with van der Waals surface area (Å²) in [4.78, 5) is 15.3. The zero-order valence-electron chi connectivity index (χ0n) is 15.4. The van der Waals surface area contributed by atoms with Crippen molar-refractivity contribution < 1.29 is 9.18 Å². The molecule has 1 saturated heterocycles. The van der Waals surface area contributed by atoms with Crippen molar-refractivity contribution in [3.8, 4) is 0 Å². The summed E-state index contributed by atoms with van der Waals surface area (Å²) < 4.78 is 14.7. The first-order valence-corrected chi connectivity index (χ1v) is 9.86. The van der Waals surface area contributed by atoms with Crippen LogP contribution < -0.4 is 5.32 Å². The lowest BCUT2D eigenvalue weighted by atomic mass is 9.90. The zero-order valence-corrected chi connectivity index (χ0v) is 16.9. The molecule has 0 aliphatic carbocycles. The van der Waals surface area contributed by atoms with Crippen molar-refractivity contribution in [1.29, 1.82) is 0 Å². The van der Waals surface area contributed by atoms with Crippen LogP contribution in [0.2, 0.25) is 10.0 Å². The number of hydrogen-bond acceptors (Lipinski definition) is 2. The number of likely N-dealkylation sites (tertiary alicyclic amines) is 1. The average molecular weight is 409 g/mol. The highest BCUT2D eigenvalue weighted by molar-refractivity contribution is 6.31. The molecule has 0 spiro atoms. The Morgan fingerprint density at radius 1 is 1.26 bits per heavy atom. The number of nitrogens with one attached hydrogen (secondary N) is 1. The van der Waals surface area contributed by atoms with Gasteiger partial charge in [-0.15, -0.1) is 0 Å². The summed E-state index contributed by atoms with van der Waals surface area (Å²) in [7, 11) is 0. The van der Waals surface area contributed by atoms with Gasteiger partial charge in [0.25, 0.3) is 0 Å². The van der Waals surface area contributed by atoms with Crippen LogP contribution in [-0.4, -0.2) is 29.9 Å². The van der Waals surface area contributed by atoms with E-state index in [4.69, 9.17) is 23.2 Å². The fraction of sp³-hybridized carbons (Fsp3) is 0.381. The molecule has 3 rings (SSSR count). The summed E-state index contributed by atoms with van der Waals surface area (Å²) in [6.45, 7) is 5.73. The number of rotatable bonds is 5. The van der Waals surface area contributed by atoms with E-state index in [2.05, 4.69) is 24.1 Å². The van der Waals surface area contributed by atoms with Gasteiger partial charge < -0.3 is 5.32 Å². The molecule has 0 radical (unpaired) electrons. The lowest BCUT2D eigenvalue weighted by Gasteiger charge is -2.29. The van der Waals surface area contributed by atoms with Crippen molar-refractivity contribution in [2.75, 3.05) is 18.4 Å². The van der Waals surface area contributed by atoms with Crippen molar-refractivity contribution in [3.05, 3.63) is 63.9 Å². The van der Waals surface area contributed by atoms with Crippen LogP contribution in [0.5, 0.6) is 0 Å². The Hall–Kier alpha value is -1.62. The molecule has 1 heterocycles. The third-order valence-corrected chi connectivity index (χ3v) is 5.37. The Bertz CT molecular complexity index is 828. The molecule has 2 aromatic rings. The first kappa shape index (κ1) is 20.1. The van der Waals surface area contributed by atoms with Crippen LogP contribution in [-0.2, 0) is 4.79 Å². The molecular formula is C21H23Cl2FN2O. The molecular weight excluding hydrogens is 386 g/mol. The molecule has 1 aliphatic rings. The Balaban J connectivity index is 1.91. The van der Waals surface area contributed by atoms with Crippen molar-refractivity contribution >= 4 is 34.8 Å². The lowest BCUT2D eigenvalue weighted by Crippen LogP contribution is -2.44. The van der Waals surface area contributed by atoms with Crippen LogP contribution in [0.1, 0.15) is 31.7 Å². The van der Waals surface area contributed by atoms with E-state index in [1.54, 1.807) is 36.4 Å². The second kappa shape index (κ2) is 8.59. The lowest BCUT2D eigenvalue weighted by molar-refractivity contribution is -0.120. The Morgan fingerprint density at radius 2 is 2.00 bits per heavy atom. The second-order valence-electron chi connectivity index (χ2n) is 7.37. The largest absolute Gasteiger partial charge is 0.325 e. The minimum Gasteiger partial charge on any atom is -0.325 e. The molecule has 2 atom stereocenters. The van der Waals surface area contributed by atoms with E-state index in [0.29, 0.717) is 28.6 Å². The van der Waals surface area contributed by atoms with Gasteiger partial charge in [-0.1, -0.05) is 55.2 Å². The van der Waals surface area contributed by atoms with Crippen molar-refractivity contribution in [2.24, 2.45) is 5.92 Å². The van der Waals surface area contributed by atoms with Gasteiger partial charge in [0.05, 0.1) is 11.1 Å². The number of amides is 1. The molecule has 6 heteroatoms. The number of halogens is 3. The molecule has 27 heavy (non-hydrogen) atoms. The fourth-order valence-electron chi connectivity index (χ4n) is 3.79. The van der Waals surface area contributed by atoms with E-state index in [1.165, 1.54) is 6.07 Å². The van der Waals surface area contributed by atoms with Crippen molar-refractivity contribution in [2.45, 2.75) is 32.2 Å². The van der Waals surface area contributed by atoms with Crippen LogP contribution in [0.4, 0.5) is 10.1 Å². The van der Waals surface area contributed by atoms with Gasteiger partial charge in [0.15, 0.2) is 0 Å². The first-order valence-electron chi connectivity index (χ1n) is 9.11. The van der Waals surface area contributed by atoms with Gasteiger partial charge in [0, 0.05) is 23.2 Å². The van der Waals surface area contributed by atoms with Crippen LogP contribution in [0.25, 0.3) is 0 Å². The van der Waals surface area contributed by atoms with Crippen LogP contribution in [0.15, 0.2) is 42.5 Å². The van der Waals surface area contributed by atoms with Gasteiger partial charge in [-0.25, -0.2) is 4.39 Å². The van der Waals surface area contributed by atoms with Gasteiger partial charge in [0.2, 0.25) is 5.91 Å². The highest BCUT2D eigenvalue weighted by atomic mass is 35.5. The van der Waals surface area contributed by atoms with Crippen LogP contribution in [0.3, 0.4) is 0 Å². The van der Waals surface area contributed by atoms with E-state index in [9.17, 15) is 9.18 Å². The fourth-order valence-corrected chi connectivity index (χ4v) is 4.17. The Kier molecular flexibility index (Phi) is 6.40. The molecule has 1 N–H and O–H groups in total. The van der Waals surface area contributed by atoms with Crippen LogP contribution >= 0.6 is 23.2 Å². The Morgan fingerprint density at radius 3 is 2.70 bits per heavy atom. The van der Waals surface area contributed by atoms with Crippen molar-refractivity contribution in [3.63, 3.8) is 0 Å². The third-order valence-electron chi connectivity index (χ3n) is 4.84. The smallest absolute Gasteiger partial charge is 0.242 e. The highest BCUT2D eigenvalue weighted by Crippen LogP contribution is 2.37. The number of anilines is 1. The summed E-state index contributed by atoms with van der Waals surface area (Å²) in [5.74, 6) is -0.438. The molecule has 1 amide bonds. The molecule has 1 aliphatic heterocycles. The number of benzene rings is 2. The SMILES string of the molecule is CC(C)CN1CCC(c2cccc(Cl)c2F)C1C(=O)Nc1cccc(Cl)c1. The summed E-state index contributed by atoms with van der Waals surface area (Å²) in [5.41, 5.74) is 1.13. The standard InChI is InChI=1S/C21H23Cl2FN2O/c1-13(2)12-26-10-9-17(16-7-4-8-18(23)19(16)24)20(26)21(27)25-15-6-3-5-14(22)11-15/h3-8,11,13,17,20H,9-10,12H2,1-2H3,(H,25,27). The maximum absolute atomic E-state index is 14.7. The van der Waals surface area contributed by atoms with Crippen LogP contribution in [0, 0.1) is 11.7 Å². The van der Waals surface area contributed by atoms with E-state index in [1.807, 2.05) is 0 Å². The number of carbonyl (C=O) groups is 1. The molecule has 144 valence electrons. The number of nitrogens with zero attached hydrogens (tertiary/aromatic N) is 1. The van der Waals surface area contributed by atoms with Gasteiger partial charge in [0.1, 0.15) is 5.82 Å². The normalized spacial score (nSPS) is 20.2. The van der Waals surface area contributed by atoms with Gasteiger partial charge >= 0.3 is 0 Å². The monoisotopic (exact) mass is 408 g/mol. The number of hydrogen-bond donors (Lipinski definition) is 1. The van der Waals surface area contributed by atoms with Crippen molar-refractivity contribution in [1.82, 2.24) is 4.90 Å². The Labute approximate surface area is 169 Å². The van der Waals surface area contributed by atoms with E-state index >= 15 is 0 Å². The highest BCUT2D eigenvalue weighted by Gasteiger charge is 2.41. The third kappa shape index (κ3) is 4.63. The minimum absolute atomic E-state index is 0.0869. The molecule has 0 aromatic heterocycles. The second-order valence-corrected chi connectivity index (χ2v) is 8.22. The van der Waals surface area contributed by atoms with Gasteiger partial charge in [-0.3, -0.25) is 9.69 Å². The quantitative estimate of drug-likeness (QED) is 0.699. The summed E-state index contributed by atoms with van der Waals surface area (Å²) in [5, 5.41) is 3.58. The maximum atomic E-state index is 14.7. The van der Waals surface area contributed by atoms with Gasteiger partial charge in [-0.2, -0.15) is 0 Å². The molecule has 2 aromatic carbocycles. The summed E-state index contributed by atoms with van der Waals surface area (Å²) >= 11 is 12.0. The van der Waals surface area contributed by atoms with Gasteiger partial charge in [-0.05, 0) is 48.7 Å². The summed E-state index contributed by atoms with van der Waals surface area (Å²) in [6, 6.07) is 11.6. The minimum atomic E-state index is -0.459. The average Bonchev–Trinajstić information content (AvgIpc) is 3.00. The van der Waals surface area contributed by atoms with E-state index < -0.39 is 11.9 Å². The maximum Gasteiger partial charge on any atom is 0.242 e. The predicted molar refractivity (Wildman–Crippen MR) is 109 cm³/mol. The summed E-state index contributed by atoms with van der Waals surface area (Å²) in [6.07, 6.45) is 0.706. The number of carbonyl (C=O) groups excluding carboxylic acids is 1. The topological polar surface area (TPSA) is 32.3 Å². The van der Waals surface area contributed by atoms with E-state index in [-0.39, 0.29) is 16.8 Å². The molecule has 0 saturated carbocycles. The molecule has 2 unspecified atom stereocenters. The molecule has 3 nitrogen and oxygen atoms in total. The molecule has 0 bridgehead atoms. The van der Waals surface area contributed by atoms with E-state index in [0.717, 1.165) is 13.1 Å². The molecule has 1 fully saturated rings. The zero-order chi connectivity index (χ0) is 19.6.